The van der Waals surface area contributed by atoms with Gasteiger partial charge >= 0.3 is 0 Å². The Kier molecular flexibility index (Phi) is 4.96. The molecule has 0 saturated carbocycles. The van der Waals surface area contributed by atoms with Gasteiger partial charge in [0.15, 0.2) is 5.03 Å². The number of nitrogens with zero attached hydrogens (tertiary/aromatic N) is 2. The van der Waals surface area contributed by atoms with Gasteiger partial charge in [0.05, 0.1) is 25.5 Å². The minimum Gasteiger partial charge on any atom is -0.378 e. The van der Waals surface area contributed by atoms with E-state index in [1.165, 1.54) is 13.1 Å². The van der Waals surface area contributed by atoms with Gasteiger partial charge in [-0.05, 0) is 6.92 Å². The number of carbonyl (C=O) groups is 1. The van der Waals surface area contributed by atoms with E-state index >= 15 is 0 Å². The van der Waals surface area contributed by atoms with Crippen molar-refractivity contribution in [3.63, 3.8) is 0 Å². The van der Waals surface area contributed by atoms with E-state index in [4.69, 9.17) is 4.74 Å². The molecule has 0 radical (unpaired) electrons. The van der Waals surface area contributed by atoms with Gasteiger partial charge in [-0.2, -0.15) is 4.72 Å². The van der Waals surface area contributed by atoms with Crippen LogP contribution in [0.1, 0.15) is 19.7 Å². The quantitative estimate of drug-likeness (QED) is 0.762. The predicted octanol–water partition coefficient (Wildman–Crippen LogP) is -0.502. The molecular weight excluding hydrogens is 296 g/mol. The van der Waals surface area contributed by atoms with Gasteiger partial charge in [-0.1, -0.05) is 6.92 Å². The van der Waals surface area contributed by atoms with E-state index in [0.717, 1.165) is 0 Å². The van der Waals surface area contributed by atoms with Gasteiger partial charge in [-0.15, -0.1) is 0 Å². The summed E-state index contributed by atoms with van der Waals surface area (Å²) in [7, 11) is -3.78. The number of hydrogen-bond donors (Lipinski definition) is 2. The normalized spacial score (nSPS) is 17.7. The Labute approximate surface area is 123 Å². The van der Waals surface area contributed by atoms with Crippen molar-refractivity contribution in [2.45, 2.75) is 31.3 Å². The number of imidazole rings is 1. The topological polar surface area (TPSA) is 104 Å². The average molecular weight is 316 g/mol. The summed E-state index contributed by atoms with van der Waals surface area (Å²) in [4.78, 5) is 20.5. The second-order valence-electron chi connectivity index (χ2n) is 4.83. The van der Waals surface area contributed by atoms with Gasteiger partial charge in [0.2, 0.25) is 5.91 Å². The Balaban J connectivity index is 2.03. The Morgan fingerprint density at radius 2 is 2.19 bits per heavy atom. The molecule has 118 valence electrons. The average Bonchev–Trinajstić information content (AvgIpc) is 2.96. The molecule has 0 bridgehead atoms. The van der Waals surface area contributed by atoms with Gasteiger partial charge in [-0.25, -0.2) is 13.4 Å². The summed E-state index contributed by atoms with van der Waals surface area (Å²) in [5, 5.41) is -0.0269. The Hall–Kier alpha value is -1.45. The molecule has 1 atom stereocenters. The third-order valence-electron chi connectivity index (χ3n) is 3.25. The third-order valence-corrected chi connectivity index (χ3v) is 4.71. The third kappa shape index (κ3) is 3.80. The molecule has 1 unspecified atom stereocenters. The van der Waals surface area contributed by atoms with E-state index in [0.29, 0.717) is 38.5 Å². The first kappa shape index (κ1) is 15.9. The van der Waals surface area contributed by atoms with Crippen molar-refractivity contribution in [2.75, 3.05) is 26.3 Å². The van der Waals surface area contributed by atoms with Crippen LogP contribution in [0.5, 0.6) is 0 Å². The highest BCUT2D eigenvalue weighted by Crippen LogP contribution is 2.08. The van der Waals surface area contributed by atoms with Crippen LogP contribution in [0.15, 0.2) is 11.2 Å². The standard InChI is InChI=1S/C12H20N4O4S/c1-3-10-13-8-11(14-10)21(18,19)15-9(2)12(17)16-4-6-20-7-5-16/h8-9,15H,3-7H2,1-2H3,(H,13,14). The van der Waals surface area contributed by atoms with Crippen molar-refractivity contribution in [3.8, 4) is 0 Å². The highest BCUT2D eigenvalue weighted by molar-refractivity contribution is 7.89. The number of H-pyrrole nitrogens is 1. The number of morpholine rings is 1. The number of ether oxygens (including phenoxy) is 1. The first-order valence-corrected chi connectivity index (χ1v) is 8.35. The zero-order chi connectivity index (χ0) is 15.5. The number of aromatic amines is 1. The lowest BCUT2D eigenvalue weighted by Crippen LogP contribution is -2.50. The molecule has 9 heteroatoms. The Morgan fingerprint density at radius 3 is 2.76 bits per heavy atom. The summed E-state index contributed by atoms with van der Waals surface area (Å²) >= 11 is 0. The second kappa shape index (κ2) is 6.54. The molecule has 0 aromatic carbocycles. The van der Waals surface area contributed by atoms with Crippen LogP contribution in [0, 0.1) is 0 Å². The zero-order valence-corrected chi connectivity index (χ0v) is 12.9. The van der Waals surface area contributed by atoms with Crippen LogP contribution < -0.4 is 4.72 Å². The number of amides is 1. The summed E-state index contributed by atoms with van der Waals surface area (Å²) in [6.07, 6.45) is 1.87. The van der Waals surface area contributed by atoms with Crippen molar-refractivity contribution in [1.29, 1.82) is 0 Å². The molecule has 8 nitrogen and oxygen atoms in total. The summed E-state index contributed by atoms with van der Waals surface area (Å²) < 4.78 is 31.9. The van der Waals surface area contributed by atoms with E-state index < -0.39 is 16.1 Å². The Bertz CT molecular complexity index is 592. The maximum absolute atomic E-state index is 12.2. The number of nitrogens with one attached hydrogen (secondary N) is 2. The molecule has 2 N–H and O–H groups in total. The summed E-state index contributed by atoms with van der Waals surface area (Å²) in [5.74, 6) is 0.333. The van der Waals surface area contributed by atoms with Crippen molar-refractivity contribution < 1.29 is 17.9 Å². The summed E-state index contributed by atoms with van der Waals surface area (Å²) in [5.41, 5.74) is 0. The van der Waals surface area contributed by atoms with Crippen LogP contribution in [0.4, 0.5) is 0 Å². The van der Waals surface area contributed by atoms with Crippen molar-refractivity contribution >= 4 is 15.9 Å². The molecule has 1 aromatic rings. The summed E-state index contributed by atoms with van der Waals surface area (Å²) in [6.45, 7) is 5.32. The van der Waals surface area contributed by atoms with Gasteiger partial charge in [0.25, 0.3) is 10.0 Å². The number of carbonyl (C=O) groups excluding carboxylic acids is 1. The number of sulfonamides is 1. The SMILES string of the molecule is CCc1ncc(S(=O)(=O)NC(C)C(=O)N2CCOCC2)[nH]1. The molecular formula is C12H20N4O4S. The molecule has 1 aliphatic rings. The highest BCUT2D eigenvalue weighted by Gasteiger charge is 2.27. The smallest absolute Gasteiger partial charge is 0.258 e. The van der Waals surface area contributed by atoms with Crippen LogP contribution in [-0.4, -0.2) is 61.5 Å². The van der Waals surface area contributed by atoms with Gasteiger partial charge < -0.3 is 14.6 Å². The lowest BCUT2D eigenvalue weighted by Gasteiger charge is -2.29. The van der Waals surface area contributed by atoms with Crippen molar-refractivity contribution in [3.05, 3.63) is 12.0 Å². The number of hydrogen-bond acceptors (Lipinski definition) is 5. The molecule has 2 rings (SSSR count). The second-order valence-corrected chi connectivity index (χ2v) is 6.51. The number of aromatic nitrogens is 2. The highest BCUT2D eigenvalue weighted by atomic mass is 32.2. The van der Waals surface area contributed by atoms with Gasteiger partial charge in [0.1, 0.15) is 5.82 Å². The Morgan fingerprint density at radius 1 is 1.52 bits per heavy atom. The molecule has 0 aliphatic carbocycles. The molecule has 21 heavy (non-hydrogen) atoms. The van der Waals surface area contributed by atoms with E-state index in [1.54, 1.807) is 4.90 Å². The lowest BCUT2D eigenvalue weighted by atomic mass is 10.3. The van der Waals surface area contributed by atoms with E-state index in [9.17, 15) is 13.2 Å². The van der Waals surface area contributed by atoms with E-state index in [1.807, 2.05) is 6.92 Å². The van der Waals surface area contributed by atoms with Crippen LogP contribution in [0.3, 0.4) is 0 Å². The molecule has 0 spiro atoms. The van der Waals surface area contributed by atoms with Crippen LogP contribution in [0.2, 0.25) is 0 Å². The van der Waals surface area contributed by atoms with Gasteiger partial charge in [-0.3, -0.25) is 4.79 Å². The minimum absolute atomic E-state index is 0.0269. The molecule has 2 heterocycles. The maximum atomic E-state index is 12.2. The number of rotatable bonds is 5. The largest absolute Gasteiger partial charge is 0.378 e. The molecule has 1 fully saturated rings. The molecule has 1 amide bonds. The van der Waals surface area contributed by atoms with E-state index in [-0.39, 0.29) is 10.9 Å². The molecule has 1 aliphatic heterocycles. The van der Waals surface area contributed by atoms with Crippen molar-refractivity contribution in [1.82, 2.24) is 19.6 Å². The molecule has 1 aromatic heterocycles. The lowest BCUT2D eigenvalue weighted by molar-refractivity contribution is -0.136. The minimum atomic E-state index is -3.78. The first-order chi connectivity index (χ1) is 9.94. The van der Waals surface area contributed by atoms with Crippen LogP contribution in [-0.2, 0) is 26.0 Å². The fourth-order valence-corrected chi connectivity index (χ4v) is 3.20. The first-order valence-electron chi connectivity index (χ1n) is 6.86. The molecule has 1 saturated heterocycles. The monoisotopic (exact) mass is 316 g/mol. The maximum Gasteiger partial charge on any atom is 0.258 e. The van der Waals surface area contributed by atoms with E-state index in [2.05, 4.69) is 14.7 Å². The summed E-state index contributed by atoms with van der Waals surface area (Å²) in [6, 6.07) is -0.832. The number of aryl methyl sites for hydroxylation is 1. The fourth-order valence-electron chi connectivity index (χ4n) is 2.06. The van der Waals surface area contributed by atoms with Crippen molar-refractivity contribution in [2.24, 2.45) is 0 Å². The van der Waals surface area contributed by atoms with Crippen LogP contribution >= 0.6 is 0 Å². The van der Waals surface area contributed by atoms with Gasteiger partial charge in [0, 0.05) is 19.5 Å². The zero-order valence-electron chi connectivity index (χ0n) is 12.1. The predicted molar refractivity (Wildman–Crippen MR) is 75.1 cm³/mol. The van der Waals surface area contributed by atoms with Crippen LogP contribution in [0.25, 0.3) is 0 Å². The fraction of sp³-hybridized carbons (Fsp3) is 0.667.